The van der Waals surface area contributed by atoms with Gasteiger partial charge in [-0.3, -0.25) is 10.1 Å². The van der Waals surface area contributed by atoms with Gasteiger partial charge >= 0.3 is 5.97 Å². The molecule has 0 aromatic heterocycles. The predicted octanol–water partition coefficient (Wildman–Crippen LogP) is 0.300. The summed E-state index contributed by atoms with van der Waals surface area (Å²) in [6.07, 6.45) is 2.57. The number of ether oxygens (including phenoxy) is 1. The Morgan fingerprint density at radius 1 is 1.64 bits per heavy atom. The van der Waals surface area contributed by atoms with Crippen molar-refractivity contribution in [3.8, 4) is 0 Å². The largest absolute Gasteiger partial charge is 0.465 e. The van der Waals surface area contributed by atoms with E-state index in [1.807, 2.05) is 6.92 Å². The highest BCUT2D eigenvalue weighted by Crippen LogP contribution is 2.39. The molecule has 2 fully saturated rings. The minimum Gasteiger partial charge on any atom is -0.465 e. The van der Waals surface area contributed by atoms with Crippen LogP contribution in [0.25, 0.3) is 0 Å². The van der Waals surface area contributed by atoms with E-state index in [0.29, 0.717) is 12.6 Å². The van der Waals surface area contributed by atoms with E-state index in [-0.39, 0.29) is 12.0 Å². The molecular formula is C8H13NO2. The van der Waals surface area contributed by atoms with E-state index < -0.39 is 0 Å². The van der Waals surface area contributed by atoms with Crippen LogP contribution in [0, 0.1) is 5.92 Å². The van der Waals surface area contributed by atoms with E-state index in [0.717, 1.165) is 5.92 Å². The highest BCUT2D eigenvalue weighted by Gasteiger charge is 2.51. The summed E-state index contributed by atoms with van der Waals surface area (Å²) in [5.74, 6) is 0.703. The summed E-state index contributed by atoms with van der Waals surface area (Å²) in [6, 6.07) is 0.483. The van der Waals surface area contributed by atoms with Gasteiger partial charge in [0.15, 0.2) is 0 Å². The second kappa shape index (κ2) is 2.48. The fraction of sp³-hybridized carbons (Fsp3) is 0.875. The Labute approximate surface area is 66.1 Å². The molecule has 0 amide bonds. The van der Waals surface area contributed by atoms with Gasteiger partial charge in [-0.05, 0) is 25.7 Å². The molecule has 3 nitrogen and oxygen atoms in total. The fourth-order valence-corrected chi connectivity index (χ4v) is 1.46. The van der Waals surface area contributed by atoms with Gasteiger partial charge in [0.25, 0.3) is 0 Å². The molecule has 2 atom stereocenters. The van der Waals surface area contributed by atoms with Crippen molar-refractivity contribution in [2.24, 2.45) is 5.92 Å². The van der Waals surface area contributed by atoms with Crippen LogP contribution in [0.15, 0.2) is 0 Å². The van der Waals surface area contributed by atoms with Crippen LogP contribution in [0.1, 0.15) is 19.8 Å². The molecule has 0 aromatic rings. The molecule has 1 saturated carbocycles. The topological polar surface area (TPSA) is 48.2 Å². The van der Waals surface area contributed by atoms with E-state index in [9.17, 15) is 4.79 Å². The van der Waals surface area contributed by atoms with Crippen LogP contribution in [-0.4, -0.2) is 24.7 Å². The van der Waals surface area contributed by atoms with Crippen molar-refractivity contribution in [2.75, 3.05) is 6.61 Å². The molecule has 3 heteroatoms. The van der Waals surface area contributed by atoms with Crippen molar-refractivity contribution < 1.29 is 9.53 Å². The van der Waals surface area contributed by atoms with Crippen LogP contribution >= 0.6 is 0 Å². The molecule has 1 N–H and O–H groups in total. The van der Waals surface area contributed by atoms with Crippen molar-refractivity contribution in [1.29, 1.82) is 0 Å². The van der Waals surface area contributed by atoms with Gasteiger partial charge in [0.2, 0.25) is 0 Å². The van der Waals surface area contributed by atoms with Crippen LogP contribution in [0.5, 0.6) is 0 Å². The van der Waals surface area contributed by atoms with E-state index in [4.69, 9.17) is 4.74 Å². The molecule has 1 heterocycles. The van der Waals surface area contributed by atoms with Crippen LogP contribution in [0.3, 0.4) is 0 Å². The maximum atomic E-state index is 11.1. The second-order valence-corrected chi connectivity index (χ2v) is 3.26. The van der Waals surface area contributed by atoms with E-state index in [1.54, 1.807) is 0 Å². The lowest BCUT2D eigenvalue weighted by Crippen LogP contribution is -2.15. The van der Waals surface area contributed by atoms with Crippen LogP contribution < -0.4 is 5.32 Å². The normalized spacial score (nSPS) is 35.0. The summed E-state index contributed by atoms with van der Waals surface area (Å²) >= 11 is 0. The van der Waals surface area contributed by atoms with Crippen molar-refractivity contribution in [1.82, 2.24) is 5.32 Å². The third kappa shape index (κ3) is 1.38. The van der Waals surface area contributed by atoms with Crippen LogP contribution in [0.2, 0.25) is 0 Å². The standard InChI is InChI=1S/C8H13NO2/c1-2-11-8(10)7-6(9-7)5-3-4-5/h5-7,9H,2-4H2,1H3. The molecule has 62 valence electrons. The smallest absolute Gasteiger partial charge is 0.324 e. The molecule has 0 spiro atoms. The zero-order valence-electron chi connectivity index (χ0n) is 6.67. The number of nitrogens with one attached hydrogen (secondary N) is 1. The summed E-state index contributed by atoms with van der Waals surface area (Å²) in [4.78, 5) is 11.1. The molecule has 2 aliphatic rings. The predicted molar refractivity (Wildman–Crippen MR) is 40.1 cm³/mol. The lowest BCUT2D eigenvalue weighted by molar-refractivity contribution is -0.142. The fourth-order valence-electron chi connectivity index (χ4n) is 1.46. The molecule has 1 aliphatic carbocycles. The van der Waals surface area contributed by atoms with E-state index >= 15 is 0 Å². The number of hydrogen-bond donors (Lipinski definition) is 1. The Hall–Kier alpha value is -0.570. The highest BCUT2D eigenvalue weighted by atomic mass is 16.5. The van der Waals surface area contributed by atoms with Crippen molar-refractivity contribution in [2.45, 2.75) is 31.8 Å². The number of carbonyl (C=O) groups is 1. The minimum absolute atomic E-state index is 0.0300. The van der Waals surface area contributed by atoms with Gasteiger partial charge in [-0.2, -0.15) is 0 Å². The van der Waals surface area contributed by atoms with Gasteiger partial charge in [-0.1, -0.05) is 0 Å². The van der Waals surface area contributed by atoms with Gasteiger partial charge in [0.1, 0.15) is 6.04 Å². The van der Waals surface area contributed by atoms with Gasteiger partial charge in [0, 0.05) is 6.04 Å². The van der Waals surface area contributed by atoms with Crippen molar-refractivity contribution in [3.05, 3.63) is 0 Å². The summed E-state index contributed by atoms with van der Waals surface area (Å²) in [6.45, 7) is 2.33. The lowest BCUT2D eigenvalue weighted by Gasteiger charge is -1.96. The van der Waals surface area contributed by atoms with Crippen LogP contribution in [-0.2, 0) is 9.53 Å². The molecule has 2 unspecified atom stereocenters. The molecule has 11 heavy (non-hydrogen) atoms. The first kappa shape index (κ1) is 7.10. The molecule has 2 rings (SSSR count). The number of rotatable bonds is 3. The Kier molecular flexibility index (Phi) is 1.60. The van der Waals surface area contributed by atoms with Gasteiger partial charge in [0.05, 0.1) is 6.61 Å². The average Bonchev–Trinajstić information content (AvgIpc) is 2.83. The van der Waals surface area contributed by atoms with E-state index in [1.165, 1.54) is 12.8 Å². The van der Waals surface area contributed by atoms with Gasteiger partial charge < -0.3 is 4.74 Å². The molecule has 1 saturated heterocycles. The summed E-state index contributed by atoms with van der Waals surface area (Å²) < 4.78 is 4.87. The monoisotopic (exact) mass is 155 g/mol. The first-order chi connectivity index (χ1) is 5.33. The van der Waals surface area contributed by atoms with Crippen molar-refractivity contribution in [3.63, 3.8) is 0 Å². The number of carbonyl (C=O) groups excluding carboxylic acids is 1. The molecule has 0 bridgehead atoms. The summed E-state index contributed by atoms with van der Waals surface area (Å²) in [5, 5.41) is 3.14. The SMILES string of the molecule is CCOC(=O)C1NC1C1CC1. The second-order valence-electron chi connectivity index (χ2n) is 3.26. The van der Waals surface area contributed by atoms with Gasteiger partial charge in [-0.25, -0.2) is 0 Å². The first-order valence-corrected chi connectivity index (χ1v) is 4.25. The Balaban J connectivity index is 1.76. The third-order valence-electron chi connectivity index (χ3n) is 2.29. The minimum atomic E-state index is -0.0654. The molecule has 0 aromatic carbocycles. The molecule has 1 aliphatic heterocycles. The van der Waals surface area contributed by atoms with Crippen molar-refractivity contribution >= 4 is 5.97 Å². The van der Waals surface area contributed by atoms with Crippen LogP contribution in [0.4, 0.5) is 0 Å². The molecular weight excluding hydrogens is 142 g/mol. The average molecular weight is 155 g/mol. The number of hydrogen-bond acceptors (Lipinski definition) is 3. The summed E-state index contributed by atoms with van der Waals surface area (Å²) in [5.41, 5.74) is 0. The lowest BCUT2D eigenvalue weighted by atomic mass is 10.2. The quantitative estimate of drug-likeness (QED) is 0.471. The maximum absolute atomic E-state index is 11.1. The zero-order chi connectivity index (χ0) is 7.84. The Morgan fingerprint density at radius 2 is 2.36 bits per heavy atom. The zero-order valence-corrected chi connectivity index (χ0v) is 6.67. The highest BCUT2D eigenvalue weighted by molar-refractivity contribution is 5.80. The summed E-state index contributed by atoms with van der Waals surface area (Å²) in [7, 11) is 0. The van der Waals surface area contributed by atoms with Gasteiger partial charge in [-0.15, -0.1) is 0 Å². The van der Waals surface area contributed by atoms with E-state index in [2.05, 4.69) is 5.32 Å². The maximum Gasteiger partial charge on any atom is 0.324 e. The molecule has 0 radical (unpaired) electrons. The third-order valence-corrected chi connectivity index (χ3v) is 2.29. The Morgan fingerprint density at radius 3 is 2.91 bits per heavy atom. The first-order valence-electron chi connectivity index (χ1n) is 4.25. The Bertz CT molecular complexity index is 177. The number of esters is 1.